The van der Waals surface area contributed by atoms with Crippen LogP contribution >= 0.6 is 0 Å². The van der Waals surface area contributed by atoms with Crippen molar-refractivity contribution in [1.82, 2.24) is 5.32 Å². The molecule has 3 heteroatoms. The highest BCUT2D eigenvalue weighted by atomic mass is 19.1. The van der Waals surface area contributed by atoms with Crippen LogP contribution in [0.2, 0.25) is 0 Å². The lowest BCUT2D eigenvalue weighted by atomic mass is 9.93. The number of hydrogen-bond donors (Lipinski definition) is 1. The standard InChI is InChI=1S/C17H27FN2/c1-12(2)19-10-15-6-5-7-16(18)17(15)20-11-13(3)8-9-14(20)4/h5-7,12-14,19H,8-11H2,1-4H3. The van der Waals surface area contributed by atoms with E-state index in [9.17, 15) is 4.39 Å². The van der Waals surface area contributed by atoms with Gasteiger partial charge in [-0.15, -0.1) is 0 Å². The maximum absolute atomic E-state index is 14.4. The van der Waals surface area contributed by atoms with E-state index >= 15 is 0 Å². The van der Waals surface area contributed by atoms with E-state index in [4.69, 9.17) is 0 Å². The van der Waals surface area contributed by atoms with Gasteiger partial charge in [0.1, 0.15) is 5.82 Å². The Hall–Kier alpha value is -1.09. The summed E-state index contributed by atoms with van der Waals surface area (Å²) in [4.78, 5) is 2.26. The van der Waals surface area contributed by atoms with Crippen LogP contribution in [0.4, 0.5) is 10.1 Å². The van der Waals surface area contributed by atoms with Crippen molar-refractivity contribution in [1.29, 1.82) is 0 Å². The van der Waals surface area contributed by atoms with Crippen molar-refractivity contribution in [3.63, 3.8) is 0 Å². The van der Waals surface area contributed by atoms with Crippen LogP contribution in [0.1, 0.15) is 46.1 Å². The van der Waals surface area contributed by atoms with E-state index < -0.39 is 0 Å². The van der Waals surface area contributed by atoms with E-state index in [1.807, 2.05) is 12.1 Å². The van der Waals surface area contributed by atoms with Gasteiger partial charge in [-0.3, -0.25) is 0 Å². The SMILES string of the molecule is CC1CCC(C)N(c2c(F)cccc2CNC(C)C)C1. The van der Waals surface area contributed by atoms with Gasteiger partial charge < -0.3 is 10.2 Å². The lowest BCUT2D eigenvalue weighted by molar-refractivity contribution is 0.385. The molecule has 1 aromatic carbocycles. The third-order valence-electron chi connectivity index (χ3n) is 4.18. The smallest absolute Gasteiger partial charge is 0.146 e. The van der Waals surface area contributed by atoms with Crippen LogP contribution in [-0.4, -0.2) is 18.6 Å². The zero-order valence-corrected chi connectivity index (χ0v) is 13.1. The second-order valence-electron chi connectivity index (χ2n) is 6.47. The number of halogens is 1. The first-order chi connectivity index (χ1) is 9.49. The molecule has 1 heterocycles. The number of nitrogens with zero attached hydrogens (tertiary/aromatic N) is 1. The van der Waals surface area contributed by atoms with Crippen LogP contribution in [0.15, 0.2) is 18.2 Å². The summed E-state index contributed by atoms with van der Waals surface area (Å²) in [6.45, 7) is 10.4. The summed E-state index contributed by atoms with van der Waals surface area (Å²) in [5, 5.41) is 3.40. The molecule has 0 aliphatic carbocycles. The van der Waals surface area contributed by atoms with Crippen molar-refractivity contribution in [3.05, 3.63) is 29.6 Å². The Bertz CT molecular complexity index is 445. The molecule has 2 atom stereocenters. The van der Waals surface area contributed by atoms with Gasteiger partial charge in [-0.1, -0.05) is 32.9 Å². The minimum absolute atomic E-state index is 0.0889. The summed E-state index contributed by atoms with van der Waals surface area (Å²) >= 11 is 0. The number of para-hydroxylation sites is 1. The van der Waals surface area contributed by atoms with Crippen LogP contribution in [0.3, 0.4) is 0 Å². The molecule has 0 aromatic heterocycles. The number of anilines is 1. The van der Waals surface area contributed by atoms with E-state index in [1.54, 1.807) is 6.07 Å². The molecule has 2 nitrogen and oxygen atoms in total. The third kappa shape index (κ3) is 3.51. The third-order valence-corrected chi connectivity index (χ3v) is 4.18. The van der Waals surface area contributed by atoms with Gasteiger partial charge in [-0.05, 0) is 37.3 Å². The first-order valence-electron chi connectivity index (χ1n) is 7.76. The minimum Gasteiger partial charge on any atom is -0.366 e. The van der Waals surface area contributed by atoms with Crippen molar-refractivity contribution in [2.45, 2.75) is 59.2 Å². The summed E-state index contributed by atoms with van der Waals surface area (Å²) in [6.07, 6.45) is 2.39. The zero-order chi connectivity index (χ0) is 14.7. The Morgan fingerprint density at radius 1 is 1.30 bits per heavy atom. The van der Waals surface area contributed by atoms with Gasteiger partial charge in [-0.25, -0.2) is 4.39 Å². The van der Waals surface area contributed by atoms with Crippen molar-refractivity contribution in [2.24, 2.45) is 5.92 Å². The molecule has 112 valence electrons. The fraction of sp³-hybridized carbons (Fsp3) is 0.647. The molecule has 1 aliphatic rings. The summed E-state index contributed by atoms with van der Waals surface area (Å²) in [5.41, 5.74) is 1.87. The van der Waals surface area contributed by atoms with Gasteiger partial charge in [-0.2, -0.15) is 0 Å². The van der Waals surface area contributed by atoms with Gasteiger partial charge in [0.25, 0.3) is 0 Å². The maximum atomic E-state index is 14.4. The van der Waals surface area contributed by atoms with E-state index in [-0.39, 0.29) is 5.82 Å². The van der Waals surface area contributed by atoms with Crippen LogP contribution in [0.5, 0.6) is 0 Å². The van der Waals surface area contributed by atoms with Crippen molar-refractivity contribution in [2.75, 3.05) is 11.4 Å². The quantitative estimate of drug-likeness (QED) is 0.897. The van der Waals surface area contributed by atoms with E-state index in [0.29, 0.717) is 18.0 Å². The Kier molecular flexibility index (Phi) is 5.03. The molecule has 0 radical (unpaired) electrons. The van der Waals surface area contributed by atoms with E-state index in [2.05, 4.69) is 37.9 Å². The van der Waals surface area contributed by atoms with Gasteiger partial charge in [0, 0.05) is 25.2 Å². The lowest BCUT2D eigenvalue weighted by Gasteiger charge is -2.39. The van der Waals surface area contributed by atoms with Crippen LogP contribution in [0, 0.1) is 11.7 Å². The molecule has 1 fully saturated rings. The molecule has 0 saturated carbocycles. The molecule has 0 bridgehead atoms. The highest BCUT2D eigenvalue weighted by molar-refractivity contribution is 5.56. The van der Waals surface area contributed by atoms with Gasteiger partial charge in [0.05, 0.1) is 5.69 Å². The molecule has 2 rings (SSSR count). The van der Waals surface area contributed by atoms with Crippen LogP contribution in [-0.2, 0) is 6.54 Å². The number of hydrogen-bond acceptors (Lipinski definition) is 2. The molecule has 1 saturated heterocycles. The molecule has 1 aliphatic heterocycles. The minimum atomic E-state index is -0.0889. The molecule has 20 heavy (non-hydrogen) atoms. The Morgan fingerprint density at radius 2 is 2.05 bits per heavy atom. The van der Waals surface area contributed by atoms with E-state index in [0.717, 1.165) is 30.8 Å². The Balaban J connectivity index is 2.28. The van der Waals surface area contributed by atoms with Gasteiger partial charge in [0.2, 0.25) is 0 Å². The Morgan fingerprint density at radius 3 is 2.75 bits per heavy atom. The fourth-order valence-corrected chi connectivity index (χ4v) is 2.94. The molecule has 1 N–H and O–H groups in total. The first kappa shape index (κ1) is 15.3. The predicted molar refractivity (Wildman–Crippen MR) is 83.6 cm³/mol. The highest BCUT2D eigenvalue weighted by Gasteiger charge is 2.26. The molecule has 2 unspecified atom stereocenters. The first-order valence-corrected chi connectivity index (χ1v) is 7.76. The molecular formula is C17H27FN2. The summed E-state index contributed by atoms with van der Waals surface area (Å²) in [7, 11) is 0. The average molecular weight is 278 g/mol. The number of piperidine rings is 1. The summed E-state index contributed by atoms with van der Waals surface area (Å²) in [5.74, 6) is 0.547. The molecule has 0 amide bonds. The molecule has 1 aromatic rings. The predicted octanol–water partition coefficient (Wildman–Crippen LogP) is 3.95. The zero-order valence-electron chi connectivity index (χ0n) is 13.1. The fourth-order valence-electron chi connectivity index (χ4n) is 2.94. The largest absolute Gasteiger partial charge is 0.366 e. The second kappa shape index (κ2) is 6.57. The maximum Gasteiger partial charge on any atom is 0.146 e. The monoisotopic (exact) mass is 278 g/mol. The van der Waals surface area contributed by atoms with Crippen molar-refractivity contribution in [3.8, 4) is 0 Å². The second-order valence-corrected chi connectivity index (χ2v) is 6.47. The normalized spacial score (nSPS) is 23.4. The average Bonchev–Trinajstić information content (AvgIpc) is 2.39. The number of nitrogens with one attached hydrogen (secondary N) is 1. The van der Waals surface area contributed by atoms with Gasteiger partial charge in [0.15, 0.2) is 0 Å². The Labute approximate surface area is 122 Å². The van der Waals surface area contributed by atoms with E-state index in [1.165, 1.54) is 6.42 Å². The van der Waals surface area contributed by atoms with Crippen molar-refractivity contribution >= 4 is 5.69 Å². The highest BCUT2D eigenvalue weighted by Crippen LogP contribution is 2.32. The number of benzene rings is 1. The number of rotatable bonds is 4. The topological polar surface area (TPSA) is 15.3 Å². The van der Waals surface area contributed by atoms with Crippen molar-refractivity contribution < 1.29 is 4.39 Å². The van der Waals surface area contributed by atoms with Gasteiger partial charge >= 0.3 is 0 Å². The summed E-state index contributed by atoms with van der Waals surface area (Å²) < 4.78 is 14.4. The van der Waals surface area contributed by atoms with Crippen LogP contribution in [0.25, 0.3) is 0 Å². The lowest BCUT2D eigenvalue weighted by Crippen LogP contribution is -2.42. The summed E-state index contributed by atoms with van der Waals surface area (Å²) in [6, 6.07) is 6.26. The molecule has 0 spiro atoms. The molecular weight excluding hydrogens is 251 g/mol. The van der Waals surface area contributed by atoms with Crippen LogP contribution < -0.4 is 10.2 Å².